The van der Waals surface area contributed by atoms with E-state index in [0.29, 0.717) is 5.82 Å². The summed E-state index contributed by atoms with van der Waals surface area (Å²) in [5, 5.41) is 3.16. The van der Waals surface area contributed by atoms with E-state index in [1.165, 1.54) is 38.1 Å². The van der Waals surface area contributed by atoms with Crippen LogP contribution < -0.4 is 5.32 Å². The van der Waals surface area contributed by atoms with E-state index in [1.807, 2.05) is 0 Å². The SMILES string of the molecule is CC1CCCC(CCNc2cc(F)ncn2)C1. The molecule has 3 nitrogen and oxygen atoms in total. The van der Waals surface area contributed by atoms with Gasteiger partial charge in [-0.2, -0.15) is 4.39 Å². The smallest absolute Gasteiger partial charge is 0.217 e. The molecule has 4 heteroatoms. The Bertz CT molecular complexity index is 356. The van der Waals surface area contributed by atoms with Crippen LogP contribution in [-0.4, -0.2) is 16.5 Å². The second-order valence-corrected chi connectivity index (χ2v) is 5.08. The lowest BCUT2D eigenvalue weighted by Gasteiger charge is -2.26. The van der Waals surface area contributed by atoms with Crippen LogP contribution in [0, 0.1) is 17.8 Å². The standard InChI is InChI=1S/C13H20FN3/c1-10-3-2-4-11(7-10)5-6-15-13-8-12(14)16-9-17-13/h8-11H,2-7H2,1H3,(H,15,16,17). The molecule has 1 aliphatic rings. The van der Waals surface area contributed by atoms with Crippen LogP contribution in [0.25, 0.3) is 0 Å². The zero-order valence-electron chi connectivity index (χ0n) is 10.3. The molecule has 0 spiro atoms. The van der Waals surface area contributed by atoms with Gasteiger partial charge in [-0.3, -0.25) is 0 Å². The van der Waals surface area contributed by atoms with Crippen molar-refractivity contribution < 1.29 is 4.39 Å². The number of hydrogen-bond acceptors (Lipinski definition) is 3. The average Bonchev–Trinajstić information content (AvgIpc) is 2.29. The van der Waals surface area contributed by atoms with Crippen LogP contribution in [0.15, 0.2) is 12.4 Å². The van der Waals surface area contributed by atoms with Crippen molar-refractivity contribution in [2.75, 3.05) is 11.9 Å². The minimum Gasteiger partial charge on any atom is -0.370 e. The lowest BCUT2D eigenvalue weighted by atomic mass is 9.81. The van der Waals surface area contributed by atoms with E-state index in [0.717, 1.165) is 24.8 Å². The molecule has 0 saturated heterocycles. The zero-order valence-corrected chi connectivity index (χ0v) is 10.3. The Morgan fingerprint density at radius 3 is 3.06 bits per heavy atom. The van der Waals surface area contributed by atoms with E-state index in [-0.39, 0.29) is 0 Å². The molecule has 0 radical (unpaired) electrons. The summed E-state index contributed by atoms with van der Waals surface area (Å²) in [5.74, 6) is 1.79. The number of nitrogens with zero attached hydrogens (tertiary/aromatic N) is 2. The Balaban J connectivity index is 1.72. The molecule has 2 rings (SSSR count). The molecule has 0 aromatic carbocycles. The minimum atomic E-state index is -0.478. The van der Waals surface area contributed by atoms with Crippen LogP contribution >= 0.6 is 0 Å². The van der Waals surface area contributed by atoms with Crippen molar-refractivity contribution in [2.45, 2.75) is 39.0 Å². The molecule has 0 aliphatic heterocycles. The number of nitrogens with one attached hydrogen (secondary N) is 1. The van der Waals surface area contributed by atoms with E-state index < -0.39 is 5.95 Å². The largest absolute Gasteiger partial charge is 0.370 e. The molecule has 2 unspecified atom stereocenters. The third kappa shape index (κ3) is 3.95. The Hall–Kier alpha value is -1.19. The van der Waals surface area contributed by atoms with Gasteiger partial charge in [-0.15, -0.1) is 0 Å². The molecular weight excluding hydrogens is 217 g/mol. The zero-order chi connectivity index (χ0) is 12.1. The number of hydrogen-bond donors (Lipinski definition) is 1. The van der Waals surface area contributed by atoms with Gasteiger partial charge < -0.3 is 5.32 Å². The van der Waals surface area contributed by atoms with Crippen LogP contribution in [0.2, 0.25) is 0 Å². The van der Waals surface area contributed by atoms with Gasteiger partial charge in [0.15, 0.2) is 0 Å². The monoisotopic (exact) mass is 237 g/mol. The van der Waals surface area contributed by atoms with Crippen molar-refractivity contribution >= 4 is 5.82 Å². The lowest BCUT2D eigenvalue weighted by Crippen LogP contribution is -2.16. The quantitative estimate of drug-likeness (QED) is 0.817. The number of anilines is 1. The van der Waals surface area contributed by atoms with E-state index in [1.54, 1.807) is 0 Å². The van der Waals surface area contributed by atoms with Crippen molar-refractivity contribution in [3.8, 4) is 0 Å². The van der Waals surface area contributed by atoms with Crippen molar-refractivity contribution in [1.82, 2.24) is 9.97 Å². The summed E-state index contributed by atoms with van der Waals surface area (Å²) in [6, 6.07) is 1.34. The van der Waals surface area contributed by atoms with E-state index in [9.17, 15) is 4.39 Å². The van der Waals surface area contributed by atoms with Crippen molar-refractivity contribution in [2.24, 2.45) is 11.8 Å². The van der Waals surface area contributed by atoms with Gasteiger partial charge in [-0.1, -0.05) is 26.2 Å². The molecule has 1 N–H and O–H groups in total. The normalized spacial score (nSPS) is 24.6. The summed E-state index contributed by atoms with van der Waals surface area (Å²) >= 11 is 0. The maximum atomic E-state index is 12.8. The second-order valence-electron chi connectivity index (χ2n) is 5.08. The van der Waals surface area contributed by atoms with Gasteiger partial charge in [0.1, 0.15) is 12.1 Å². The molecule has 0 bridgehead atoms. The van der Waals surface area contributed by atoms with Gasteiger partial charge >= 0.3 is 0 Å². The van der Waals surface area contributed by atoms with Crippen LogP contribution in [0.4, 0.5) is 10.2 Å². The van der Waals surface area contributed by atoms with Gasteiger partial charge in [0.05, 0.1) is 0 Å². The highest BCUT2D eigenvalue weighted by atomic mass is 19.1. The predicted octanol–water partition coefficient (Wildman–Crippen LogP) is 3.24. The van der Waals surface area contributed by atoms with Gasteiger partial charge in [0.2, 0.25) is 5.95 Å². The van der Waals surface area contributed by atoms with Crippen molar-refractivity contribution in [3.63, 3.8) is 0 Å². The fourth-order valence-electron chi connectivity index (χ4n) is 2.66. The van der Waals surface area contributed by atoms with E-state index >= 15 is 0 Å². The summed E-state index contributed by atoms with van der Waals surface area (Å²) in [4.78, 5) is 7.40. The van der Waals surface area contributed by atoms with Crippen LogP contribution in [-0.2, 0) is 0 Å². The molecule has 1 fully saturated rings. The van der Waals surface area contributed by atoms with Crippen molar-refractivity contribution in [1.29, 1.82) is 0 Å². The molecule has 1 saturated carbocycles. The molecule has 1 aromatic rings. The first-order chi connectivity index (χ1) is 8.24. The summed E-state index contributed by atoms with van der Waals surface area (Å²) in [5.41, 5.74) is 0. The molecule has 1 aromatic heterocycles. The second kappa shape index (κ2) is 5.94. The minimum absolute atomic E-state index is 0.478. The van der Waals surface area contributed by atoms with Crippen molar-refractivity contribution in [3.05, 3.63) is 18.3 Å². The summed E-state index contributed by atoms with van der Waals surface area (Å²) in [6.45, 7) is 3.20. The molecule has 2 atom stereocenters. The number of aromatic nitrogens is 2. The van der Waals surface area contributed by atoms with E-state index in [2.05, 4.69) is 22.2 Å². The molecule has 1 heterocycles. The average molecular weight is 237 g/mol. The lowest BCUT2D eigenvalue weighted by molar-refractivity contribution is 0.274. The first kappa shape index (κ1) is 12.3. The van der Waals surface area contributed by atoms with Crippen LogP contribution in [0.1, 0.15) is 39.0 Å². The Labute approximate surface area is 102 Å². The maximum Gasteiger partial charge on any atom is 0.217 e. The molecule has 17 heavy (non-hydrogen) atoms. The summed E-state index contributed by atoms with van der Waals surface area (Å²) in [6.07, 6.45) is 7.80. The third-order valence-corrected chi connectivity index (χ3v) is 3.54. The van der Waals surface area contributed by atoms with Crippen LogP contribution in [0.3, 0.4) is 0 Å². The summed E-state index contributed by atoms with van der Waals surface area (Å²) < 4.78 is 12.8. The molecular formula is C13H20FN3. The number of rotatable bonds is 4. The maximum absolute atomic E-state index is 12.8. The fraction of sp³-hybridized carbons (Fsp3) is 0.692. The van der Waals surface area contributed by atoms with Crippen LogP contribution in [0.5, 0.6) is 0 Å². The van der Waals surface area contributed by atoms with Gasteiger partial charge in [0, 0.05) is 12.6 Å². The topological polar surface area (TPSA) is 37.8 Å². The number of halogens is 1. The van der Waals surface area contributed by atoms with Gasteiger partial charge in [0.25, 0.3) is 0 Å². The highest BCUT2D eigenvalue weighted by Crippen LogP contribution is 2.30. The first-order valence-electron chi connectivity index (χ1n) is 6.45. The van der Waals surface area contributed by atoms with Gasteiger partial charge in [-0.25, -0.2) is 9.97 Å². The molecule has 1 aliphatic carbocycles. The molecule has 0 amide bonds. The Morgan fingerprint density at radius 2 is 2.29 bits per heavy atom. The van der Waals surface area contributed by atoms with E-state index in [4.69, 9.17) is 0 Å². The first-order valence-corrected chi connectivity index (χ1v) is 6.45. The fourth-order valence-corrected chi connectivity index (χ4v) is 2.66. The van der Waals surface area contributed by atoms with Gasteiger partial charge in [-0.05, 0) is 24.7 Å². The Morgan fingerprint density at radius 1 is 1.41 bits per heavy atom. The predicted molar refractivity (Wildman–Crippen MR) is 66.2 cm³/mol. The summed E-state index contributed by atoms with van der Waals surface area (Å²) in [7, 11) is 0. The highest BCUT2D eigenvalue weighted by molar-refractivity contribution is 5.31. The third-order valence-electron chi connectivity index (χ3n) is 3.54. The highest BCUT2D eigenvalue weighted by Gasteiger charge is 2.18. The molecule has 94 valence electrons. The Kier molecular flexibility index (Phi) is 4.29.